The summed E-state index contributed by atoms with van der Waals surface area (Å²) < 4.78 is 0. The summed E-state index contributed by atoms with van der Waals surface area (Å²) in [7, 11) is 0. The summed E-state index contributed by atoms with van der Waals surface area (Å²) in [6.07, 6.45) is 6.85. The van der Waals surface area contributed by atoms with Crippen LogP contribution in [0, 0.1) is 12.8 Å². The molecule has 1 fully saturated rings. The van der Waals surface area contributed by atoms with E-state index < -0.39 is 0 Å². The van der Waals surface area contributed by atoms with Crippen molar-refractivity contribution in [1.29, 1.82) is 0 Å². The van der Waals surface area contributed by atoms with Gasteiger partial charge < -0.3 is 10.6 Å². The van der Waals surface area contributed by atoms with Gasteiger partial charge in [0.1, 0.15) is 0 Å². The Labute approximate surface area is 128 Å². The van der Waals surface area contributed by atoms with Gasteiger partial charge in [0.2, 0.25) is 0 Å². The van der Waals surface area contributed by atoms with Gasteiger partial charge in [0.25, 0.3) is 5.91 Å². The molecule has 0 aromatic heterocycles. The Balaban J connectivity index is 1.64. The van der Waals surface area contributed by atoms with Gasteiger partial charge in [0.05, 0.1) is 0 Å². The Bertz CT molecular complexity index is 435. The van der Waals surface area contributed by atoms with E-state index in [1.54, 1.807) is 0 Å². The highest BCUT2D eigenvalue weighted by Gasteiger charge is 2.19. The number of hydrogen-bond donors (Lipinski definition) is 2. The van der Waals surface area contributed by atoms with Crippen LogP contribution in [0.15, 0.2) is 24.3 Å². The molecule has 116 valence electrons. The minimum absolute atomic E-state index is 0.0159. The molecule has 21 heavy (non-hydrogen) atoms. The first-order chi connectivity index (χ1) is 10.2. The molecule has 2 rings (SSSR count). The van der Waals surface area contributed by atoms with Gasteiger partial charge >= 0.3 is 0 Å². The molecule has 1 amide bonds. The van der Waals surface area contributed by atoms with Crippen molar-refractivity contribution in [3.8, 4) is 0 Å². The van der Waals surface area contributed by atoms with Crippen molar-refractivity contribution in [2.45, 2.75) is 52.0 Å². The number of amides is 1. The first-order valence-electron chi connectivity index (χ1n) is 8.25. The fourth-order valence-electron chi connectivity index (χ4n) is 3.08. The van der Waals surface area contributed by atoms with Crippen molar-refractivity contribution in [1.82, 2.24) is 10.6 Å². The van der Waals surface area contributed by atoms with E-state index in [2.05, 4.69) is 17.6 Å². The minimum atomic E-state index is 0.0159. The lowest BCUT2D eigenvalue weighted by Gasteiger charge is -2.28. The van der Waals surface area contributed by atoms with Gasteiger partial charge in [-0.3, -0.25) is 4.79 Å². The quantitative estimate of drug-likeness (QED) is 0.789. The molecule has 1 unspecified atom stereocenters. The third-order valence-corrected chi connectivity index (χ3v) is 4.55. The Hall–Kier alpha value is -1.35. The van der Waals surface area contributed by atoms with Gasteiger partial charge in [-0.05, 0) is 44.7 Å². The first kappa shape index (κ1) is 16.0. The number of benzene rings is 1. The number of carbonyl (C=O) groups is 1. The molecule has 1 saturated carbocycles. The second kappa shape index (κ2) is 8.18. The Morgan fingerprint density at radius 2 is 1.81 bits per heavy atom. The summed E-state index contributed by atoms with van der Waals surface area (Å²) >= 11 is 0. The van der Waals surface area contributed by atoms with Crippen molar-refractivity contribution in [2.75, 3.05) is 13.1 Å². The summed E-state index contributed by atoms with van der Waals surface area (Å²) in [5, 5.41) is 6.53. The summed E-state index contributed by atoms with van der Waals surface area (Å²) in [5.74, 6) is 0.827. The topological polar surface area (TPSA) is 41.1 Å². The van der Waals surface area contributed by atoms with Crippen molar-refractivity contribution in [3.63, 3.8) is 0 Å². The lowest BCUT2D eigenvalue weighted by Crippen LogP contribution is -2.39. The number of rotatable bonds is 6. The standard InChI is InChI=1S/C18H28N2O/c1-14-8-10-17(11-9-14)18(21)20-13-12-19-15(2)16-6-4-3-5-7-16/h8-11,15-16,19H,3-7,12-13H2,1-2H3,(H,20,21). The van der Waals surface area contributed by atoms with Crippen LogP contribution in [-0.2, 0) is 0 Å². The first-order valence-corrected chi connectivity index (χ1v) is 8.25. The van der Waals surface area contributed by atoms with E-state index in [-0.39, 0.29) is 5.91 Å². The molecule has 1 aromatic rings. The number of aryl methyl sites for hydroxylation is 1. The van der Waals surface area contributed by atoms with Crippen LogP contribution >= 0.6 is 0 Å². The van der Waals surface area contributed by atoms with E-state index in [1.165, 1.54) is 37.7 Å². The fraction of sp³-hybridized carbons (Fsp3) is 0.611. The fourth-order valence-corrected chi connectivity index (χ4v) is 3.08. The second-order valence-electron chi connectivity index (χ2n) is 6.26. The van der Waals surface area contributed by atoms with E-state index in [0.717, 1.165) is 18.0 Å². The zero-order valence-electron chi connectivity index (χ0n) is 13.3. The largest absolute Gasteiger partial charge is 0.351 e. The monoisotopic (exact) mass is 288 g/mol. The zero-order chi connectivity index (χ0) is 15.1. The number of carbonyl (C=O) groups excluding carboxylic acids is 1. The summed E-state index contributed by atoms with van der Waals surface area (Å²) in [6, 6.07) is 8.25. The predicted octanol–water partition coefficient (Wildman–Crippen LogP) is 3.28. The van der Waals surface area contributed by atoms with Crippen molar-refractivity contribution in [3.05, 3.63) is 35.4 Å². The highest BCUT2D eigenvalue weighted by molar-refractivity contribution is 5.94. The second-order valence-corrected chi connectivity index (χ2v) is 6.26. The molecule has 2 N–H and O–H groups in total. The van der Waals surface area contributed by atoms with Crippen LogP contribution in [0.3, 0.4) is 0 Å². The van der Waals surface area contributed by atoms with E-state index >= 15 is 0 Å². The predicted molar refractivity (Wildman–Crippen MR) is 87.6 cm³/mol. The molecule has 1 atom stereocenters. The molecular weight excluding hydrogens is 260 g/mol. The Kier molecular flexibility index (Phi) is 6.24. The lowest BCUT2D eigenvalue weighted by molar-refractivity contribution is 0.0953. The molecule has 1 aromatic carbocycles. The minimum Gasteiger partial charge on any atom is -0.351 e. The molecule has 0 aliphatic heterocycles. The normalized spacial score (nSPS) is 17.4. The maximum atomic E-state index is 12.0. The Morgan fingerprint density at radius 1 is 1.14 bits per heavy atom. The third-order valence-electron chi connectivity index (χ3n) is 4.55. The van der Waals surface area contributed by atoms with Gasteiger partial charge in [0.15, 0.2) is 0 Å². The zero-order valence-corrected chi connectivity index (χ0v) is 13.3. The van der Waals surface area contributed by atoms with E-state index in [0.29, 0.717) is 12.6 Å². The van der Waals surface area contributed by atoms with Crippen LogP contribution in [0.1, 0.15) is 54.9 Å². The summed E-state index contributed by atoms with van der Waals surface area (Å²) in [4.78, 5) is 12.0. The SMILES string of the molecule is Cc1ccc(C(=O)NCCNC(C)C2CCCCC2)cc1. The molecule has 0 radical (unpaired) electrons. The maximum absolute atomic E-state index is 12.0. The molecule has 0 heterocycles. The van der Waals surface area contributed by atoms with Crippen LogP contribution < -0.4 is 10.6 Å². The van der Waals surface area contributed by atoms with Gasteiger partial charge in [-0.15, -0.1) is 0 Å². The van der Waals surface area contributed by atoms with Gasteiger partial charge in [-0.2, -0.15) is 0 Å². The van der Waals surface area contributed by atoms with Gasteiger partial charge in [-0.25, -0.2) is 0 Å². The highest BCUT2D eigenvalue weighted by Crippen LogP contribution is 2.26. The van der Waals surface area contributed by atoms with E-state index in [4.69, 9.17) is 0 Å². The number of hydrogen-bond acceptors (Lipinski definition) is 2. The number of nitrogens with one attached hydrogen (secondary N) is 2. The molecule has 0 spiro atoms. The van der Waals surface area contributed by atoms with E-state index in [9.17, 15) is 4.79 Å². The average Bonchev–Trinajstić information content (AvgIpc) is 2.52. The van der Waals surface area contributed by atoms with Crippen molar-refractivity contribution < 1.29 is 4.79 Å². The maximum Gasteiger partial charge on any atom is 0.251 e. The van der Waals surface area contributed by atoms with Crippen LogP contribution in [-0.4, -0.2) is 25.0 Å². The lowest BCUT2D eigenvalue weighted by atomic mass is 9.84. The van der Waals surface area contributed by atoms with Gasteiger partial charge in [0, 0.05) is 24.7 Å². The molecule has 3 nitrogen and oxygen atoms in total. The molecular formula is C18H28N2O. The van der Waals surface area contributed by atoms with Crippen molar-refractivity contribution in [2.24, 2.45) is 5.92 Å². The van der Waals surface area contributed by atoms with Crippen LogP contribution in [0.25, 0.3) is 0 Å². The molecule has 0 saturated heterocycles. The third kappa shape index (κ3) is 5.16. The van der Waals surface area contributed by atoms with Crippen LogP contribution in [0.2, 0.25) is 0 Å². The summed E-state index contributed by atoms with van der Waals surface area (Å²) in [5.41, 5.74) is 1.91. The molecule has 1 aliphatic rings. The average molecular weight is 288 g/mol. The van der Waals surface area contributed by atoms with Crippen LogP contribution in [0.4, 0.5) is 0 Å². The molecule has 1 aliphatic carbocycles. The van der Waals surface area contributed by atoms with Gasteiger partial charge in [-0.1, -0.05) is 37.0 Å². The smallest absolute Gasteiger partial charge is 0.251 e. The Morgan fingerprint density at radius 3 is 2.48 bits per heavy atom. The van der Waals surface area contributed by atoms with Crippen molar-refractivity contribution >= 4 is 5.91 Å². The highest BCUT2D eigenvalue weighted by atomic mass is 16.1. The van der Waals surface area contributed by atoms with E-state index in [1.807, 2.05) is 31.2 Å². The summed E-state index contributed by atoms with van der Waals surface area (Å²) in [6.45, 7) is 5.83. The van der Waals surface area contributed by atoms with Crippen LogP contribution in [0.5, 0.6) is 0 Å². The molecule has 3 heteroatoms. The molecule has 0 bridgehead atoms.